The van der Waals surface area contributed by atoms with Crippen LogP contribution in [0, 0.1) is 5.92 Å². The minimum atomic E-state index is -4.02. The van der Waals surface area contributed by atoms with Crippen molar-refractivity contribution in [2.75, 3.05) is 5.32 Å². The summed E-state index contributed by atoms with van der Waals surface area (Å²) in [7, 11) is -4.02. The van der Waals surface area contributed by atoms with Crippen LogP contribution in [0.2, 0.25) is 5.02 Å². The van der Waals surface area contributed by atoms with Crippen molar-refractivity contribution in [3.63, 3.8) is 0 Å². The van der Waals surface area contributed by atoms with Gasteiger partial charge in [0.15, 0.2) is 0 Å². The summed E-state index contributed by atoms with van der Waals surface area (Å²) in [4.78, 5) is 12.3. The molecule has 0 unspecified atom stereocenters. The molecule has 0 bridgehead atoms. The van der Waals surface area contributed by atoms with Gasteiger partial charge in [-0.25, -0.2) is 13.6 Å². The molecular weight excluding hydrogens is 424 g/mol. The van der Waals surface area contributed by atoms with Crippen molar-refractivity contribution in [3.8, 4) is 11.1 Å². The van der Waals surface area contributed by atoms with E-state index in [0.29, 0.717) is 33.3 Å². The van der Waals surface area contributed by atoms with Gasteiger partial charge in [0.2, 0.25) is 15.9 Å². The van der Waals surface area contributed by atoms with Gasteiger partial charge in [0.1, 0.15) is 0 Å². The van der Waals surface area contributed by atoms with E-state index in [9.17, 15) is 13.2 Å². The summed E-state index contributed by atoms with van der Waals surface area (Å²) in [6.45, 7) is 0.820. The van der Waals surface area contributed by atoms with E-state index in [1.807, 2.05) is 10.9 Å². The van der Waals surface area contributed by atoms with E-state index in [1.54, 1.807) is 42.6 Å². The average molecular weight is 445 g/mol. The maximum atomic E-state index is 12.4. The van der Waals surface area contributed by atoms with Gasteiger partial charge in [-0.1, -0.05) is 35.9 Å². The molecule has 0 atom stereocenters. The normalized spacial score (nSPS) is 13.9. The van der Waals surface area contributed by atoms with Gasteiger partial charge in [-0.2, -0.15) is 5.10 Å². The van der Waals surface area contributed by atoms with Crippen molar-refractivity contribution in [2.45, 2.75) is 30.7 Å². The molecule has 9 heteroatoms. The summed E-state index contributed by atoms with van der Waals surface area (Å²) >= 11 is 6.10. The van der Waals surface area contributed by atoms with Crippen LogP contribution in [0.25, 0.3) is 11.1 Å². The monoisotopic (exact) mass is 444 g/mol. The fourth-order valence-corrected chi connectivity index (χ4v) is 4.25. The van der Waals surface area contributed by atoms with Crippen molar-refractivity contribution >= 4 is 33.2 Å². The van der Waals surface area contributed by atoms with Gasteiger partial charge in [0, 0.05) is 34.6 Å². The smallest absolute Gasteiger partial charge is 0.238 e. The fourth-order valence-electron chi connectivity index (χ4n) is 3.26. The molecule has 1 fully saturated rings. The quantitative estimate of drug-likeness (QED) is 0.581. The Balaban J connectivity index is 1.57. The van der Waals surface area contributed by atoms with Gasteiger partial charge in [0.25, 0.3) is 0 Å². The second-order valence-corrected chi connectivity index (χ2v) is 9.40. The first-order chi connectivity index (χ1) is 14.3. The Morgan fingerprint density at radius 1 is 1.23 bits per heavy atom. The number of amides is 1. The maximum absolute atomic E-state index is 12.4. The Morgan fingerprint density at radius 3 is 2.70 bits per heavy atom. The lowest BCUT2D eigenvalue weighted by Crippen LogP contribution is -2.17. The number of halogens is 1. The van der Waals surface area contributed by atoms with Crippen LogP contribution in [0.4, 0.5) is 5.69 Å². The fraction of sp³-hybridized carbons (Fsp3) is 0.238. The number of hydrogen-bond acceptors (Lipinski definition) is 4. The Kier molecular flexibility index (Phi) is 5.64. The maximum Gasteiger partial charge on any atom is 0.238 e. The van der Waals surface area contributed by atoms with Crippen LogP contribution in [-0.2, 0) is 27.8 Å². The molecule has 1 aromatic heterocycles. The topological polar surface area (TPSA) is 107 Å². The van der Waals surface area contributed by atoms with Crippen LogP contribution >= 0.6 is 11.6 Å². The summed E-state index contributed by atoms with van der Waals surface area (Å²) in [6.07, 6.45) is 5.90. The van der Waals surface area contributed by atoms with Crippen LogP contribution in [0.3, 0.4) is 0 Å². The number of carbonyl (C=O) groups is 1. The Morgan fingerprint density at radius 2 is 2.00 bits per heavy atom. The summed E-state index contributed by atoms with van der Waals surface area (Å²) in [5.41, 5.74) is 2.13. The number of carbonyl (C=O) groups excluding carboxylic acids is 1. The van der Waals surface area contributed by atoms with Gasteiger partial charge in [-0.15, -0.1) is 0 Å². The highest BCUT2D eigenvalue weighted by Gasteiger charge is 2.23. The number of aromatic nitrogens is 2. The third kappa shape index (κ3) is 4.89. The molecule has 3 aromatic rings. The summed E-state index contributed by atoms with van der Waals surface area (Å²) < 4.78 is 26.3. The number of nitrogens with zero attached hydrogens (tertiary/aromatic N) is 2. The molecule has 1 aliphatic rings. The Bertz CT molecular complexity index is 1200. The van der Waals surface area contributed by atoms with Gasteiger partial charge in [-0.3, -0.25) is 9.48 Å². The Hall–Kier alpha value is -2.68. The second-order valence-electron chi connectivity index (χ2n) is 7.47. The molecular formula is C21H21ClN4O3S. The molecule has 2 aromatic carbocycles. The number of hydrogen-bond donors (Lipinski definition) is 2. The first kappa shape index (κ1) is 20.6. The predicted octanol–water partition coefficient (Wildman–Crippen LogP) is 3.44. The number of primary sulfonamides is 1. The minimum Gasteiger partial charge on any atom is -0.326 e. The van der Waals surface area contributed by atoms with Crippen LogP contribution in [0.1, 0.15) is 18.4 Å². The number of nitrogens with two attached hydrogens (primary N) is 1. The zero-order valence-electron chi connectivity index (χ0n) is 16.1. The van der Waals surface area contributed by atoms with Crippen molar-refractivity contribution in [3.05, 3.63) is 65.4 Å². The van der Waals surface area contributed by atoms with E-state index in [0.717, 1.165) is 6.54 Å². The van der Waals surface area contributed by atoms with E-state index in [1.165, 1.54) is 18.9 Å². The molecule has 156 valence electrons. The molecule has 0 radical (unpaired) electrons. The average Bonchev–Trinajstić information content (AvgIpc) is 3.38. The van der Waals surface area contributed by atoms with E-state index in [4.69, 9.17) is 16.7 Å². The first-order valence-electron chi connectivity index (χ1n) is 9.52. The lowest BCUT2D eigenvalue weighted by Gasteiger charge is -2.11. The molecule has 0 saturated heterocycles. The number of rotatable bonds is 7. The summed E-state index contributed by atoms with van der Waals surface area (Å²) in [5.74, 6) is 0.333. The van der Waals surface area contributed by atoms with Gasteiger partial charge < -0.3 is 5.32 Å². The van der Waals surface area contributed by atoms with Crippen molar-refractivity contribution in [2.24, 2.45) is 11.1 Å². The lowest BCUT2D eigenvalue weighted by molar-refractivity contribution is -0.115. The van der Waals surface area contributed by atoms with Crippen LogP contribution in [0.15, 0.2) is 59.8 Å². The Labute approximate surface area is 179 Å². The minimum absolute atomic E-state index is 0.0657. The van der Waals surface area contributed by atoms with Crippen molar-refractivity contribution in [1.29, 1.82) is 0 Å². The lowest BCUT2D eigenvalue weighted by atomic mass is 10.1. The molecule has 30 heavy (non-hydrogen) atoms. The predicted molar refractivity (Wildman–Crippen MR) is 116 cm³/mol. The third-order valence-corrected chi connectivity index (χ3v) is 6.29. The second kappa shape index (κ2) is 8.22. The highest BCUT2D eigenvalue weighted by atomic mass is 35.5. The highest BCUT2D eigenvalue weighted by molar-refractivity contribution is 7.89. The summed E-state index contributed by atoms with van der Waals surface area (Å²) in [5, 5.41) is 13.0. The number of nitrogens with one attached hydrogen (secondary N) is 1. The van der Waals surface area contributed by atoms with Gasteiger partial charge in [-0.05, 0) is 42.5 Å². The zero-order valence-corrected chi connectivity index (χ0v) is 17.7. The molecule has 1 amide bonds. The SMILES string of the molecule is NS(=O)(=O)c1cc(NC(=O)Cc2ccccc2Cl)ccc1-c1cnn(CC2CC2)c1. The molecule has 1 saturated carbocycles. The number of sulfonamides is 1. The van der Waals surface area contributed by atoms with E-state index in [2.05, 4.69) is 10.4 Å². The molecule has 0 aliphatic heterocycles. The van der Waals surface area contributed by atoms with Crippen LogP contribution in [-0.4, -0.2) is 24.1 Å². The van der Waals surface area contributed by atoms with Crippen LogP contribution in [0.5, 0.6) is 0 Å². The van der Waals surface area contributed by atoms with E-state index in [-0.39, 0.29) is 17.2 Å². The molecule has 3 N–H and O–H groups in total. The van der Waals surface area contributed by atoms with Crippen LogP contribution < -0.4 is 10.5 Å². The standard InChI is InChI=1S/C21H21ClN4O3S/c22-19-4-2-1-3-15(19)9-21(27)25-17-7-8-18(20(10-17)30(23,28)29)16-11-24-26(13-16)12-14-5-6-14/h1-4,7-8,10-11,13-14H,5-6,9,12H2,(H,25,27)(H2,23,28,29). The highest BCUT2D eigenvalue weighted by Crippen LogP contribution is 2.32. The molecule has 1 heterocycles. The molecule has 4 rings (SSSR count). The zero-order chi connectivity index (χ0) is 21.3. The third-order valence-electron chi connectivity index (χ3n) is 4.97. The van der Waals surface area contributed by atoms with Crippen molar-refractivity contribution in [1.82, 2.24) is 9.78 Å². The molecule has 1 aliphatic carbocycles. The van der Waals surface area contributed by atoms with E-state index < -0.39 is 10.0 Å². The number of benzene rings is 2. The van der Waals surface area contributed by atoms with Gasteiger partial charge >= 0.3 is 0 Å². The summed E-state index contributed by atoms with van der Waals surface area (Å²) in [6, 6.07) is 11.7. The first-order valence-corrected chi connectivity index (χ1v) is 11.4. The van der Waals surface area contributed by atoms with Gasteiger partial charge in [0.05, 0.1) is 17.5 Å². The number of anilines is 1. The molecule has 0 spiro atoms. The largest absolute Gasteiger partial charge is 0.326 e. The molecule has 7 nitrogen and oxygen atoms in total. The van der Waals surface area contributed by atoms with E-state index >= 15 is 0 Å². The van der Waals surface area contributed by atoms with Crippen molar-refractivity contribution < 1.29 is 13.2 Å².